The van der Waals surface area contributed by atoms with E-state index >= 15 is 0 Å². The van der Waals surface area contributed by atoms with Crippen molar-refractivity contribution in [2.75, 3.05) is 13.1 Å². The minimum absolute atomic E-state index is 0.0163. The van der Waals surface area contributed by atoms with Gasteiger partial charge in [-0.05, 0) is 38.3 Å². The van der Waals surface area contributed by atoms with E-state index in [0.717, 1.165) is 12.1 Å². The van der Waals surface area contributed by atoms with Crippen LogP contribution in [0.15, 0.2) is 36.4 Å². The maximum atomic E-state index is 12.6. The number of rotatable bonds is 3. The second kappa shape index (κ2) is 6.16. The van der Waals surface area contributed by atoms with Gasteiger partial charge in [0, 0.05) is 24.7 Å². The van der Waals surface area contributed by atoms with Gasteiger partial charge in [0.15, 0.2) is 0 Å². The topological polar surface area (TPSA) is 69.2 Å². The molecule has 1 amide bonds. The average molecular weight is 313 g/mol. The highest BCUT2D eigenvalue weighted by atomic mass is 16.3. The largest absolute Gasteiger partial charge is 0.390 e. The maximum absolute atomic E-state index is 12.6. The van der Waals surface area contributed by atoms with Crippen LogP contribution in [0.4, 0.5) is 0 Å². The van der Waals surface area contributed by atoms with Crippen LogP contribution in [0.5, 0.6) is 0 Å². The van der Waals surface area contributed by atoms with Crippen molar-refractivity contribution in [2.24, 2.45) is 5.92 Å². The number of nitrogens with one attached hydrogen (secondary N) is 1. The first-order chi connectivity index (χ1) is 11.0. The SMILES string of the molecule is Cc1cc(C(=O)N2CC[C@](C)(O)[C@H](Cc3ccccc3)C2)n[nH]1. The Kier molecular flexibility index (Phi) is 4.22. The van der Waals surface area contributed by atoms with E-state index in [0.29, 0.717) is 25.2 Å². The number of aryl methyl sites for hydroxylation is 1. The number of aliphatic hydroxyl groups is 1. The second-order valence-electron chi connectivity index (χ2n) is 6.68. The first-order valence-electron chi connectivity index (χ1n) is 8.03. The Balaban J connectivity index is 1.74. The minimum atomic E-state index is -0.756. The molecule has 0 bridgehead atoms. The van der Waals surface area contributed by atoms with Gasteiger partial charge in [-0.25, -0.2) is 0 Å². The Morgan fingerprint density at radius 1 is 1.43 bits per heavy atom. The fourth-order valence-corrected chi connectivity index (χ4v) is 3.18. The van der Waals surface area contributed by atoms with Gasteiger partial charge >= 0.3 is 0 Å². The molecule has 1 aliphatic rings. The summed E-state index contributed by atoms with van der Waals surface area (Å²) in [7, 11) is 0. The molecule has 1 saturated heterocycles. The van der Waals surface area contributed by atoms with Crippen molar-refractivity contribution in [2.45, 2.75) is 32.3 Å². The van der Waals surface area contributed by atoms with Crippen LogP contribution >= 0.6 is 0 Å². The number of piperidine rings is 1. The van der Waals surface area contributed by atoms with Crippen molar-refractivity contribution < 1.29 is 9.90 Å². The summed E-state index contributed by atoms with van der Waals surface area (Å²) < 4.78 is 0. The van der Waals surface area contributed by atoms with Crippen molar-refractivity contribution in [1.82, 2.24) is 15.1 Å². The second-order valence-corrected chi connectivity index (χ2v) is 6.68. The average Bonchev–Trinajstić information content (AvgIpc) is 2.96. The van der Waals surface area contributed by atoms with Crippen LogP contribution in [-0.4, -0.2) is 44.8 Å². The van der Waals surface area contributed by atoms with Gasteiger partial charge in [-0.15, -0.1) is 0 Å². The molecule has 122 valence electrons. The van der Waals surface area contributed by atoms with Crippen molar-refractivity contribution in [3.63, 3.8) is 0 Å². The van der Waals surface area contributed by atoms with E-state index in [2.05, 4.69) is 22.3 Å². The zero-order chi connectivity index (χ0) is 16.4. The molecule has 2 N–H and O–H groups in total. The Morgan fingerprint density at radius 2 is 2.17 bits per heavy atom. The number of likely N-dealkylation sites (tertiary alicyclic amines) is 1. The summed E-state index contributed by atoms with van der Waals surface area (Å²) in [5, 5.41) is 17.6. The molecule has 2 heterocycles. The molecule has 0 unspecified atom stereocenters. The van der Waals surface area contributed by atoms with Crippen molar-refractivity contribution in [1.29, 1.82) is 0 Å². The first kappa shape index (κ1) is 15.7. The standard InChI is InChI=1S/C18H23N3O2/c1-13-10-16(20-19-13)17(22)21-9-8-18(2,23)15(12-21)11-14-6-4-3-5-7-14/h3-7,10,15,23H,8-9,11-12H2,1-2H3,(H,19,20)/t15-,18+/m1/s1. The number of nitrogens with zero attached hydrogens (tertiary/aromatic N) is 2. The van der Waals surface area contributed by atoms with Gasteiger partial charge in [0.1, 0.15) is 5.69 Å². The lowest BCUT2D eigenvalue weighted by Crippen LogP contribution is -2.52. The van der Waals surface area contributed by atoms with Gasteiger partial charge < -0.3 is 10.0 Å². The van der Waals surface area contributed by atoms with E-state index in [1.807, 2.05) is 32.0 Å². The van der Waals surface area contributed by atoms with E-state index in [-0.39, 0.29) is 11.8 Å². The predicted octanol–water partition coefficient (Wildman–Crippen LogP) is 2.17. The number of hydrogen-bond donors (Lipinski definition) is 2. The number of aromatic nitrogens is 2. The molecular weight excluding hydrogens is 290 g/mol. The third-order valence-corrected chi connectivity index (χ3v) is 4.75. The van der Waals surface area contributed by atoms with E-state index < -0.39 is 5.60 Å². The summed E-state index contributed by atoms with van der Waals surface area (Å²) in [6.45, 7) is 4.86. The summed E-state index contributed by atoms with van der Waals surface area (Å²) in [6.07, 6.45) is 1.34. The third kappa shape index (κ3) is 3.45. The Labute approximate surface area is 136 Å². The summed E-state index contributed by atoms with van der Waals surface area (Å²) in [5.41, 5.74) is 1.75. The number of carbonyl (C=O) groups is 1. The highest BCUT2D eigenvalue weighted by molar-refractivity contribution is 5.92. The summed E-state index contributed by atoms with van der Waals surface area (Å²) in [4.78, 5) is 14.4. The summed E-state index contributed by atoms with van der Waals surface area (Å²) >= 11 is 0. The predicted molar refractivity (Wildman–Crippen MR) is 88.1 cm³/mol. The molecule has 1 aromatic carbocycles. The van der Waals surface area contributed by atoms with Crippen LogP contribution in [0.2, 0.25) is 0 Å². The third-order valence-electron chi connectivity index (χ3n) is 4.75. The van der Waals surface area contributed by atoms with Gasteiger partial charge in [0.25, 0.3) is 5.91 Å². The molecule has 23 heavy (non-hydrogen) atoms. The van der Waals surface area contributed by atoms with Crippen molar-refractivity contribution in [3.05, 3.63) is 53.3 Å². The molecule has 0 radical (unpaired) electrons. The van der Waals surface area contributed by atoms with Gasteiger partial charge in [0.05, 0.1) is 5.60 Å². The molecule has 1 aliphatic heterocycles. The van der Waals surface area contributed by atoms with E-state index in [4.69, 9.17) is 0 Å². The summed E-state index contributed by atoms with van der Waals surface area (Å²) in [6, 6.07) is 11.9. The highest BCUT2D eigenvalue weighted by Crippen LogP contribution is 2.31. The molecule has 2 atom stereocenters. The maximum Gasteiger partial charge on any atom is 0.274 e. The number of aromatic amines is 1. The zero-order valence-corrected chi connectivity index (χ0v) is 13.6. The van der Waals surface area contributed by atoms with Gasteiger partial charge in [-0.2, -0.15) is 5.10 Å². The lowest BCUT2D eigenvalue weighted by Gasteiger charge is -2.42. The molecule has 2 aromatic rings. The lowest BCUT2D eigenvalue weighted by molar-refractivity contribution is -0.0508. The fraction of sp³-hybridized carbons (Fsp3) is 0.444. The molecule has 5 nitrogen and oxygen atoms in total. The number of benzene rings is 1. The van der Waals surface area contributed by atoms with E-state index in [1.54, 1.807) is 11.0 Å². The van der Waals surface area contributed by atoms with Crippen LogP contribution in [-0.2, 0) is 6.42 Å². The smallest absolute Gasteiger partial charge is 0.274 e. The van der Waals surface area contributed by atoms with Crippen molar-refractivity contribution in [3.8, 4) is 0 Å². The van der Waals surface area contributed by atoms with Crippen LogP contribution in [0.3, 0.4) is 0 Å². The number of hydrogen-bond acceptors (Lipinski definition) is 3. The summed E-state index contributed by atoms with van der Waals surface area (Å²) in [5.74, 6) is -0.0504. The number of carbonyl (C=O) groups excluding carboxylic acids is 1. The molecule has 5 heteroatoms. The van der Waals surface area contributed by atoms with Gasteiger partial charge in [-0.1, -0.05) is 30.3 Å². The Bertz CT molecular complexity index is 679. The fourth-order valence-electron chi connectivity index (χ4n) is 3.18. The molecule has 0 spiro atoms. The van der Waals surface area contributed by atoms with E-state index in [9.17, 15) is 9.90 Å². The monoisotopic (exact) mass is 313 g/mol. The lowest BCUT2D eigenvalue weighted by atomic mass is 9.79. The quantitative estimate of drug-likeness (QED) is 0.912. The molecular formula is C18H23N3O2. The molecule has 0 saturated carbocycles. The van der Waals surface area contributed by atoms with Crippen LogP contribution in [0, 0.1) is 12.8 Å². The Hall–Kier alpha value is -2.14. The molecule has 0 aliphatic carbocycles. The van der Waals surface area contributed by atoms with Crippen LogP contribution in [0.25, 0.3) is 0 Å². The van der Waals surface area contributed by atoms with Crippen LogP contribution in [0.1, 0.15) is 35.1 Å². The minimum Gasteiger partial charge on any atom is -0.390 e. The normalized spacial score (nSPS) is 24.7. The molecule has 3 rings (SSSR count). The molecule has 1 fully saturated rings. The molecule has 1 aromatic heterocycles. The number of amides is 1. The van der Waals surface area contributed by atoms with Crippen molar-refractivity contribution >= 4 is 5.91 Å². The number of H-pyrrole nitrogens is 1. The van der Waals surface area contributed by atoms with Crippen LogP contribution < -0.4 is 0 Å². The highest BCUT2D eigenvalue weighted by Gasteiger charge is 2.39. The van der Waals surface area contributed by atoms with E-state index in [1.165, 1.54) is 5.56 Å². The van der Waals surface area contributed by atoms with Gasteiger partial charge in [0.2, 0.25) is 0 Å². The zero-order valence-electron chi connectivity index (χ0n) is 13.6. The van der Waals surface area contributed by atoms with Gasteiger partial charge in [-0.3, -0.25) is 9.89 Å². The first-order valence-corrected chi connectivity index (χ1v) is 8.03. The Morgan fingerprint density at radius 3 is 2.83 bits per heavy atom.